The Balaban J connectivity index is 1.08. The van der Waals surface area contributed by atoms with Gasteiger partial charge in [0, 0.05) is 46.5 Å². The Morgan fingerprint density at radius 3 is 2.65 bits per heavy atom. The summed E-state index contributed by atoms with van der Waals surface area (Å²) in [6.07, 6.45) is 5.25. The van der Waals surface area contributed by atoms with Gasteiger partial charge in [0.25, 0.3) is 5.91 Å². The highest BCUT2D eigenvalue weighted by molar-refractivity contribution is 8.00. The smallest absolute Gasteiger partial charge is 0.251 e. The number of β-amino-alcohol motifs (C(OH)–C–C–N with tert-alkyl or cyclic N) is 1. The standard InChI is InChI=1S/C32H35N7O3S/c1-32(2,35-18-29(40)25-7-6-8-26(17-25)38-43-27-9-4-3-5-10-27)15-16-39-20-28(34-21-39)23-11-13-24(14-12-23)31(41)33-19-30-37-36-22-42-30/h3-14,17,20-22,29,35,38,40H,15-16,18-19H2,1-2H3,(H,33,41)/t29-/m0/s1. The van der Waals surface area contributed by atoms with E-state index in [0.29, 0.717) is 18.0 Å². The van der Waals surface area contributed by atoms with Crippen LogP contribution in [0.4, 0.5) is 5.69 Å². The van der Waals surface area contributed by atoms with Crippen LogP contribution in [0.1, 0.15) is 48.2 Å². The first-order valence-electron chi connectivity index (χ1n) is 14.0. The first-order chi connectivity index (χ1) is 20.8. The van der Waals surface area contributed by atoms with Crippen molar-refractivity contribution in [3.63, 3.8) is 0 Å². The van der Waals surface area contributed by atoms with Crippen LogP contribution in [0.5, 0.6) is 0 Å². The van der Waals surface area contributed by atoms with Crippen LogP contribution in [-0.4, -0.2) is 42.8 Å². The quantitative estimate of drug-likeness (QED) is 0.123. The number of carbonyl (C=O) groups is 1. The molecule has 0 radical (unpaired) electrons. The Kier molecular flexibility index (Phi) is 9.88. The highest BCUT2D eigenvalue weighted by atomic mass is 32.2. The molecule has 0 fully saturated rings. The van der Waals surface area contributed by atoms with Gasteiger partial charge in [-0.2, -0.15) is 0 Å². The van der Waals surface area contributed by atoms with Crippen molar-refractivity contribution >= 4 is 23.5 Å². The third-order valence-electron chi connectivity index (χ3n) is 6.95. The van der Waals surface area contributed by atoms with E-state index in [0.717, 1.165) is 40.4 Å². The number of anilines is 1. The molecule has 5 rings (SSSR count). The largest absolute Gasteiger partial charge is 0.426 e. The highest BCUT2D eigenvalue weighted by Gasteiger charge is 2.20. The van der Waals surface area contributed by atoms with Crippen molar-refractivity contribution in [1.29, 1.82) is 0 Å². The number of hydrogen-bond acceptors (Lipinski definition) is 9. The topological polar surface area (TPSA) is 130 Å². The summed E-state index contributed by atoms with van der Waals surface area (Å²) in [5.74, 6) is 0.128. The zero-order valence-electron chi connectivity index (χ0n) is 24.1. The van der Waals surface area contributed by atoms with Crippen LogP contribution in [0.3, 0.4) is 0 Å². The lowest BCUT2D eigenvalue weighted by Gasteiger charge is -2.28. The Hall–Kier alpha value is -4.45. The van der Waals surface area contributed by atoms with E-state index in [2.05, 4.69) is 61.1 Å². The molecule has 0 aliphatic carbocycles. The second-order valence-corrected chi connectivity index (χ2v) is 11.6. The third kappa shape index (κ3) is 8.77. The molecule has 4 N–H and O–H groups in total. The van der Waals surface area contributed by atoms with Gasteiger partial charge in [-0.25, -0.2) is 4.98 Å². The molecule has 0 aliphatic heterocycles. The fourth-order valence-corrected chi connectivity index (χ4v) is 5.01. The minimum absolute atomic E-state index is 0.175. The number of aliphatic hydroxyl groups is 1. The monoisotopic (exact) mass is 597 g/mol. The molecule has 2 aromatic heterocycles. The predicted octanol–water partition coefficient (Wildman–Crippen LogP) is 5.47. The molecule has 0 saturated carbocycles. The Morgan fingerprint density at radius 1 is 1.07 bits per heavy atom. The molecule has 3 aromatic carbocycles. The molecule has 0 unspecified atom stereocenters. The van der Waals surface area contributed by atoms with E-state index < -0.39 is 6.10 Å². The number of aromatic nitrogens is 4. The minimum atomic E-state index is -0.633. The van der Waals surface area contributed by atoms with Crippen LogP contribution in [-0.2, 0) is 13.1 Å². The third-order valence-corrected chi connectivity index (χ3v) is 7.80. The van der Waals surface area contributed by atoms with Crippen molar-refractivity contribution in [3.05, 3.63) is 115 Å². The van der Waals surface area contributed by atoms with Gasteiger partial charge in [0.1, 0.15) is 0 Å². The molecule has 1 amide bonds. The van der Waals surface area contributed by atoms with E-state index in [9.17, 15) is 9.90 Å². The van der Waals surface area contributed by atoms with E-state index >= 15 is 0 Å². The fourth-order valence-electron chi connectivity index (χ4n) is 4.36. The van der Waals surface area contributed by atoms with Crippen molar-refractivity contribution in [3.8, 4) is 11.3 Å². The molecule has 0 spiro atoms. The first kappa shape index (κ1) is 30.0. The van der Waals surface area contributed by atoms with Crippen LogP contribution in [0, 0.1) is 0 Å². The molecule has 11 heteroatoms. The van der Waals surface area contributed by atoms with Crippen LogP contribution in [0.15, 0.2) is 107 Å². The van der Waals surface area contributed by atoms with Gasteiger partial charge < -0.3 is 29.4 Å². The van der Waals surface area contributed by atoms with Crippen molar-refractivity contribution in [2.75, 3.05) is 11.3 Å². The van der Waals surface area contributed by atoms with Gasteiger partial charge >= 0.3 is 0 Å². The molecule has 0 saturated heterocycles. The summed E-state index contributed by atoms with van der Waals surface area (Å²) in [6, 6.07) is 25.3. The summed E-state index contributed by atoms with van der Waals surface area (Å²) >= 11 is 1.54. The van der Waals surface area contributed by atoms with E-state index in [4.69, 9.17) is 4.42 Å². The summed E-state index contributed by atoms with van der Waals surface area (Å²) in [4.78, 5) is 18.1. The highest BCUT2D eigenvalue weighted by Crippen LogP contribution is 2.24. The molecule has 5 aromatic rings. The maximum atomic E-state index is 12.4. The first-order valence-corrected chi connectivity index (χ1v) is 14.8. The maximum absolute atomic E-state index is 12.4. The minimum Gasteiger partial charge on any atom is -0.426 e. The zero-order valence-corrected chi connectivity index (χ0v) is 24.9. The molecule has 0 aliphatic rings. The van der Waals surface area contributed by atoms with Gasteiger partial charge in [0.2, 0.25) is 12.3 Å². The van der Waals surface area contributed by atoms with E-state index in [-0.39, 0.29) is 18.0 Å². The number of nitrogens with one attached hydrogen (secondary N) is 3. The second-order valence-electron chi connectivity index (χ2n) is 10.8. The Labute approximate surface area is 255 Å². The number of rotatable bonds is 14. The number of carbonyl (C=O) groups excluding carboxylic acids is 1. The van der Waals surface area contributed by atoms with Crippen LogP contribution >= 0.6 is 11.9 Å². The number of hydrogen-bond donors (Lipinski definition) is 4. The number of amides is 1. The van der Waals surface area contributed by atoms with Crippen LogP contribution in [0.25, 0.3) is 11.3 Å². The summed E-state index contributed by atoms with van der Waals surface area (Å²) in [5, 5.41) is 24.5. The van der Waals surface area contributed by atoms with Gasteiger partial charge in [-0.1, -0.05) is 42.5 Å². The summed E-state index contributed by atoms with van der Waals surface area (Å²) in [6.45, 7) is 5.64. The molecule has 10 nitrogen and oxygen atoms in total. The Bertz CT molecular complexity index is 1590. The summed E-state index contributed by atoms with van der Waals surface area (Å²) in [7, 11) is 0. The van der Waals surface area contributed by atoms with Gasteiger partial charge in [-0.15, -0.1) is 10.2 Å². The van der Waals surface area contributed by atoms with Gasteiger partial charge in [-0.3, -0.25) is 4.79 Å². The molecular formula is C32H35N7O3S. The lowest BCUT2D eigenvalue weighted by Crippen LogP contribution is -2.42. The van der Waals surface area contributed by atoms with Crippen molar-refractivity contribution < 1.29 is 14.3 Å². The average Bonchev–Trinajstić information content (AvgIpc) is 3.74. The van der Waals surface area contributed by atoms with Crippen molar-refractivity contribution in [2.45, 2.75) is 49.9 Å². The lowest BCUT2D eigenvalue weighted by molar-refractivity contribution is 0.0947. The van der Waals surface area contributed by atoms with E-state index in [1.54, 1.807) is 24.1 Å². The number of benzene rings is 3. The van der Waals surface area contributed by atoms with E-state index in [1.807, 2.05) is 67.1 Å². The molecular weight excluding hydrogens is 562 g/mol. The fraction of sp³-hybridized carbons (Fsp3) is 0.250. The van der Waals surface area contributed by atoms with E-state index in [1.165, 1.54) is 6.39 Å². The van der Waals surface area contributed by atoms with Gasteiger partial charge in [-0.05, 0) is 74.2 Å². The molecule has 43 heavy (non-hydrogen) atoms. The van der Waals surface area contributed by atoms with Crippen molar-refractivity contribution in [1.82, 2.24) is 30.4 Å². The molecule has 222 valence electrons. The molecule has 0 bridgehead atoms. The SMILES string of the molecule is CC(C)(CCn1cnc(-c2ccc(C(=O)NCc3nnco3)cc2)c1)NC[C@H](O)c1cccc(NSc2ccccc2)c1. The summed E-state index contributed by atoms with van der Waals surface area (Å²) < 4.78 is 10.4. The zero-order chi connectivity index (χ0) is 30.1. The number of imidazole rings is 1. The average molecular weight is 598 g/mol. The molecule has 1 atom stereocenters. The van der Waals surface area contributed by atoms with Gasteiger partial charge in [0.05, 0.1) is 24.7 Å². The summed E-state index contributed by atoms with van der Waals surface area (Å²) in [5.41, 5.74) is 3.88. The Morgan fingerprint density at radius 2 is 1.88 bits per heavy atom. The number of aliphatic hydroxyl groups excluding tert-OH is 1. The molecule has 2 heterocycles. The normalized spacial score (nSPS) is 12.2. The number of nitrogens with zero attached hydrogens (tertiary/aromatic N) is 4. The van der Waals surface area contributed by atoms with Crippen molar-refractivity contribution in [2.24, 2.45) is 0 Å². The lowest BCUT2D eigenvalue weighted by atomic mass is 9.99. The van der Waals surface area contributed by atoms with Crippen LogP contribution < -0.4 is 15.4 Å². The van der Waals surface area contributed by atoms with Crippen LogP contribution in [0.2, 0.25) is 0 Å². The predicted molar refractivity (Wildman–Crippen MR) is 167 cm³/mol. The maximum Gasteiger partial charge on any atom is 0.251 e. The van der Waals surface area contributed by atoms with Gasteiger partial charge in [0.15, 0.2) is 0 Å². The number of aryl methyl sites for hydroxylation is 1. The second kappa shape index (κ2) is 14.1.